The summed E-state index contributed by atoms with van der Waals surface area (Å²) in [5.74, 6) is -0.695. The van der Waals surface area contributed by atoms with Gasteiger partial charge in [0.15, 0.2) is 11.7 Å². The van der Waals surface area contributed by atoms with Crippen LogP contribution >= 0.6 is 0 Å². The number of carbonyl (C=O) groups is 1. The van der Waals surface area contributed by atoms with E-state index in [1.165, 1.54) is 48.5 Å². The molecule has 1 aromatic heterocycles. The minimum absolute atomic E-state index is 0.0873. The van der Waals surface area contributed by atoms with E-state index in [9.17, 15) is 26.7 Å². The molecule has 240 valence electrons. The number of oxazole rings is 1. The topological polar surface area (TPSA) is 147 Å². The molecule has 0 saturated carbocycles. The third kappa shape index (κ3) is 7.39. The van der Waals surface area contributed by atoms with Gasteiger partial charge in [-0.25, -0.2) is 21.6 Å². The molecule has 11 nitrogen and oxygen atoms in total. The number of para-hydroxylation sites is 2. The first-order chi connectivity index (χ1) is 22.1. The van der Waals surface area contributed by atoms with E-state index in [1.54, 1.807) is 54.3 Å². The van der Waals surface area contributed by atoms with Crippen LogP contribution in [0.15, 0.2) is 123 Å². The van der Waals surface area contributed by atoms with Gasteiger partial charge in [-0.1, -0.05) is 71.3 Å². The van der Waals surface area contributed by atoms with E-state index in [-0.39, 0.29) is 48.3 Å². The van der Waals surface area contributed by atoms with Crippen LogP contribution in [-0.4, -0.2) is 55.8 Å². The van der Waals surface area contributed by atoms with E-state index in [4.69, 9.17) is 9.15 Å². The highest BCUT2D eigenvalue weighted by Gasteiger charge is 2.36. The third-order valence-electron chi connectivity index (χ3n) is 7.14. The second kappa shape index (κ2) is 14.1. The highest BCUT2D eigenvalue weighted by molar-refractivity contribution is 8.04. The molecule has 0 amide bonds. The van der Waals surface area contributed by atoms with Crippen molar-refractivity contribution < 1.29 is 35.9 Å². The Bertz CT molecular complexity index is 1900. The van der Waals surface area contributed by atoms with Crippen molar-refractivity contribution in [3.05, 3.63) is 115 Å². The summed E-state index contributed by atoms with van der Waals surface area (Å²) in [6.45, 7) is 1.75. The number of carboxylic acid groups (broad SMARTS) is 1. The molecule has 0 fully saturated rings. The Morgan fingerprint density at radius 2 is 1.43 bits per heavy atom. The van der Waals surface area contributed by atoms with Gasteiger partial charge in [-0.05, 0) is 66.9 Å². The van der Waals surface area contributed by atoms with E-state index >= 15 is 0 Å². The molecular weight excluding hydrogens is 631 g/mol. The minimum Gasteiger partial charge on any atom is -0.479 e. The summed E-state index contributed by atoms with van der Waals surface area (Å²) in [6.07, 6.45) is -0.639. The van der Waals surface area contributed by atoms with Crippen molar-refractivity contribution >= 4 is 43.1 Å². The number of nitrogens with zero attached hydrogens (tertiary/aromatic N) is 3. The van der Waals surface area contributed by atoms with Crippen molar-refractivity contribution in [2.45, 2.75) is 42.2 Å². The molecule has 4 aromatic carbocycles. The zero-order valence-corrected chi connectivity index (χ0v) is 26.6. The van der Waals surface area contributed by atoms with Crippen LogP contribution in [0.2, 0.25) is 0 Å². The molecule has 0 aliphatic carbocycles. The van der Waals surface area contributed by atoms with Gasteiger partial charge in [-0.15, -0.1) is 0 Å². The summed E-state index contributed by atoms with van der Waals surface area (Å²) in [7, 11) is -8.90. The minimum atomic E-state index is -4.45. The molecule has 0 bridgehead atoms. The van der Waals surface area contributed by atoms with Crippen molar-refractivity contribution in [2.24, 2.45) is 0 Å². The number of rotatable bonds is 15. The maximum Gasteiger partial charge on any atom is 0.344 e. The lowest BCUT2D eigenvalue weighted by molar-refractivity contribution is -0.145. The maximum atomic E-state index is 13.8. The molecule has 1 N–H and O–H groups in total. The van der Waals surface area contributed by atoms with Gasteiger partial charge < -0.3 is 19.2 Å². The summed E-state index contributed by atoms with van der Waals surface area (Å²) in [5, 5.41) is 9.43. The van der Waals surface area contributed by atoms with Crippen LogP contribution in [-0.2, 0) is 31.4 Å². The van der Waals surface area contributed by atoms with Gasteiger partial charge in [0.25, 0.3) is 26.1 Å². The third-order valence-corrected chi connectivity index (χ3v) is 11.5. The van der Waals surface area contributed by atoms with Crippen molar-refractivity contribution in [1.82, 2.24) is 8.69 Å². The van der Waals surface area contributed by atoms with E-state index < -0.39 is 32.1 Å². The molecule has 0 spiro atoms. The molecule has 5 aromatic rings. The largest absolute Gasteiger partial charge is 0.479 e. The number of aromatic nitrogens is 1. The number of aliphatic carboxylic acids is 1. The predicted octanol–water partition coefficient (Wildman–Crippen LogP) is 5.55. The van der Waals surface area contributed by atoms with Gasteiger partial charge in [0.1, 0.15) is 11.3 Å². The number of hydrogen-bond acceptors (Lipinski definition) is 9. The molecule has 1 heterocycles. The number of anilines is 1. The lowest BCUT2D eigenvalue weighted by Gasteiger charge is -2.25. The number of benzene rings is 4. The van der Waals surface area contributed by atoms with Crippen molar-refractivity contribution in [2.75, 3.05) is 18.0 Å². The van der Waals surface area contributed by atoms with Crippen LogP contribution in [0.1, 0.15) is 25.3 Å². The quantitative estimate of drug-likeness (QED) is 0.151. The average Bonchev–Trinajstić information content (AvgIpc) is 3.50. The molecule has 5 rings (SSSR count). The Kier molecular flexibility index (Phi) is 10.0. The Labute approximate surface area is 267 Å². The van der Waals surface area contributed by atoms with Crippen LogP contribution in [0, 0.1) is 0 Å². The van der Waals surface area contributed by atoms with Gasteiger partial charge in [-0.2, -0.15) is 4.98 Å². The number of sulfonamides is 2. The molecule has 1 unspecified atom stereocenters. The van der Waals surface area contributed by atoms with Crippen LogP contribution < -0.4 is 9.64 Å². The maximum absolute atomic E-state index is 13.8. The van der Waals surface area contributed by atoms with E-state index in [1.807, 2.05) is 18.2 Å². The first-order valence-corrected chi connectivity index (χ1v) is 17.4. The predicted molar refractivity (Wildman–Crippen MR) is 172 cm³/mol. The van der Waals surface area contributed by atoms with Crippen LogP contribution in [0.3, 0.4) is 0 Å². The number of fused-ring (bicyclic) bond motifs is 1. The normalized spacial score (nSPS) is 12.7. The fourth-order valence-corrected chi connectivity index (χ4v) is 8.59. The molecule has 1 atom stereocenters. The molecular formula is C33H33N3O8S2. The number of carboxylic acids is 1. The van der Waals surface area contributed by atoms with Crippen LogP contribution in [0.4, 0.5) is 6.01 Å². The lowest BCUT2D eigenvalue weighted by atomic mass is 10.2. The zero-order valence-electron chi connectivity index (χ0n) is 25.0. The first-order valence-electron chi connectivity index (χ1n) is 14.6. The number of hydrogen-bond donors (Lipinski definition) is 1. The van der Waals surface area contributed by atoms with Gasteiger partial charge in [-0.3, -0.25) is 0 Å². The van der Waals surface area contributed by atoms with E-state index in [0.717, 1.165) is 5.56 Å². The Hall–Kier alpha value is -4.72. The fraction of sp³-hybridized carbons (Fsp3) is 0.212. The van der Waals surface area contributed by atoms with E-state index in [0.29, 0.717) is 20.6 Å². The zero-order chi connectivity index (χ0) is 32.7. The Balaban J connectivity index is 1.44. The SMILES string of the molecule is CCC(Oc1cccc(CN(CCCN(S(=O)(=O)c2ccccc2)S(=O)(=O)c2ccccc2)c2nc3ccccc3o2)c1)C(=O)O. The molecule has 0 aliphatic heterocycles. The second-order valence-corrected chi connectivity index (χ2v) is 14.3. The lowest BCUT2D eigenvalue weighted by Crippen LogP contribution is -2.39. The van der Waals surface area contributed by atoms with Gasteiger partial charge >= 0.3 is 5.97 Å². The second-order valence-electron chi connectivity index (χ2n) is 10.4. The number of ether oxygens (including phenoxy) is 1. The van der Waals surface area contributed by atoms with Gasteiger partial charge in [0, 0.05) is 19.6 Å². The molecule has 0 aliphatic rings. The van der Waals surface area contributed by atoms with Crippen molar-refractivity contribution in [3.63, 3.8) is 0 Å². The molecule has 46 heavy (non-hydrogen) atoms. The van der Waals surface area contributed by atoms with Crippen LogP contribution in [0.25, 0.3) is 11.1 Å². The van der Waals surface area contributed by atoms with Gasteiger partial charge in [0.2, 0.25) is 0 Å². The van der Waals surface area contributed by atoms with Crippen molar-refractivity contribution in [3.8, 4) is 5.75 Å². The first kappa shape index (κ1) is 32.7. The highest BCUT2D eigenvalue weighted by Crippen LogP contribution is 2.27. The Morgan fingerprint density at radius 1 is 0.826 bits per heavy atom. The summed E-state index contributed by atoms with van der Waals surface area (Å²) in [6, 6.07) is 29.3. The summed E-state index contributed by atoms with van der Waals surface area (Å²) < 4.78 is 67.3. The van der Waals surface area contributed by atoms with Gasteiger partial charge in [0.05, 0.1) is 9.79 Å². The monoisotopic (exact) mass is 663 g/mol. The fourth-order valence-electron chi connectivity index (χ4n) is 4.83. The molecule has 13 heteroatoms. The summed E-state index contributed by atoms with van der Waals surface area (Å²) >= 11 is 0. The highest BCUT2D eigenvalue weighted by atomic mass is 32.3. The van der Waals surface area contributed by atoms with Crippen molar-refractivity contribution in [1.29, 1.82) is 0 Å². The molecule has 0 saturated heterocycles. The molecule has 0 radical (unpaired) electrons. The van der Waals surface area contributed by atoms with E-state index in [2.05, 4.69) is 4.98 Å². The Morgan fingerprint density at radius 3 is 2.02 bits per heavy atom. The van der Waals surface area contributed by atoms with Crippen LogP contribution in [0.5, 0.6) is 5.75 Å². The summed E-state index contributed by atoms with van der Waals surface area (Å²) in [4.78, 5) is 17.6. The smallest absolute Gasteiger partial charge is 0.344 e. The average molecular weight is 664 g/mol. The summed E-state index contributed by atoms with van der Waals surface area (Å²) in [5.41, 5.74) is 1.91. The standard InChI is InChI=1S/C33H33N3O8S2/c1-2-30(32(37)38)43-26-14-11-13-25(23-26)24-35(33-34-29-19-9-10-20-31(29)44-33)21-12-22-36(45(39,40)27-15-5-3-6-16-27)46(41,42)28-17-7-4-8-18-28/h3-11,13-20,23,30H,2,12,21-22,24H2,1H3,(H,37,38).